The van der Waals surface area contributed by atoms with E-state index in [1.807, 2.05) is 4.72 Å². The number of hydrogen-bond acceptors (Lipinski definition) is 5. The quantitative estimate of drug-likeness (QED) is 0.300. The minimum atomic E-state index is -6.66. The summed E-state index contributed by atoms with van der Waals surface area (Å²) in [6.45, 7) is -0.615. The second-order valence-corrected chi connectivity index (χ2v) is 8.98. The molecule has 0 saturated heterocycles. The van der Waals surface area contributed by atoms with Gasteiger partial charge >= 0.3 is 18.5 Å². The first-order valence-electron chi connectivity index (χ1n) is 8.87. The van der Waals surface area contributed by atoms with Crippen LogP contribution in [-0.2, 0) is 14.8 Å². The topological polar surface area (TPSA) is 89.5 Å². The molecule has 0 saturated carbocycles. The van der Waals surface area contributed by atoms with Crippen LogP contribution in [-0.4, -0.2) is 75.9 Å². The van der Waals surface area contributed by atoms with E-state index in [4.69, 9.17) is 0 Å². The van der Waals surface area contributed by atoms with E-state index in [0.717, 1.165) is 0 Å². The molecule has 0 bridgehead atoms. The van der Waals surface area contributed by atoms with Crippen LogP contribution in [0.5, 0.6) is 0 Å². The lowest BCUT2D eigenvalue weighted by molar-refractivity contribution is -0.352. The van der Waals surface area contributed by atoms with Gasteiger partial charge in [-0.1, -0.05) is 0 Å². The highest BCUT2D eigenvalue weighted by Crippen LogP contribution is 2.52. The predicted octanol–water partition coefficient (Wildman–Crippen LogP) is 2.16. The largest absolute Gasteiger partial charge is 0.549 e. The van der Waals surface area contributed by atoms with Crippen molar-refractivity contribution in [2.24, 2.45) is 5.92 Å². The molecule has 0 radical (unpaired) electrons. The molecule has 0 aliphatic heterocycles. The van der Waals surface area contributed by atoms with Gasteiger partial charge in [0.1, 0.15) is 0 Å². The average molecular weight is 515 g/mol. The van der Waals surface area contributed by atoms with Crippen molar-refractivity contribution >= 4 is 16.0 Å². The molecule has 1 N–H and O–H groups in total. The molecule has 32 heavy (non-hydrogen) atoms. The van der Waals surface area contributed by atoms with Crippen LogP contribution in [0.25, 0.3) is 0 Å². The van der Waals surface area contributed by atoms with Gasteiger partial charge in [-0.2, -0.15) is 39.5 Å². The molecule has 0 heterocycles. The fourth-order valence-corrected chi connectivity index (χ4v) is 3.73. The Balaban J connectivity index is 4.95. The summed E-state index contributed by atoms with van der Waals surface area (Å²) in [6, 6.07) is 0. The van der Waals surface area contributed by atoms with Gasteiger partial charge < -0.3 is 14.8 Å². The molecule has 0 fully saturated rings. The summed E-state index contributed by atoms with van der Waals surface area (Å²) in [6.07, 6.45) is -24.4. The summed E-state index contributed by atoms with van der Waals surface area (Å²) < 4.78 is 153. The Bertz CT molecular complexity index is 692. The van der Waals surface area contributed by atoms with E-state index in [0.29, 0.717) is 0 Å². The SMILES string of the molecule is CN(CCCNS(=O)(=O)CCCC(CC(F)(C(F)(F)F)C(F)(F)F)C(F)(F)F)CC(=O)[O-]. The van der Waals surface area contributed by atoms with Crippen LogP contribution in [0.15, 0.2) is 0 Å². The Morgan fingerprint density at radius 1 is 0.969 bits per heavy atom. The van der Waals surface area contributed by atoms with Crippen molar-refractivity contribution < 1.29 is 62.2 Å². The van der Waals surface area contributed by atoms with Gasteiger partial charge in [0.15, 0.2) is 0 Å². The standard InChI is InChI=1S/C15H22F10N2O4S/c1-27(9-11(28)29)6-3-5-26-32(30,31)7-2-4-10(13(17,18)19)8-12(16,14(20,21)22)15(23,24)25/h10,26H,2-9H2,1H3,(H,28,29)/p-1. The van der Waals surface area contributed by atoms with E-state index in [1.54, 1.807) is 0 Å². The number of likely N-dealkylation sites (N-methyl/N-ethyl adjacent to an activating group) is 1. The highest BCUT2D eigenvalue weighted by atomic mass is 32.2. The summed E-state index contributed by atoms with van der Waals surface area (Å²) in [5.41, 5.74) is -6.12. The van der Waals surface area contributed by atoms with E-state index >= 15 is 0 Å². The molecule has 0 rings (SSSR count). The zero-order chi connectivity index (χ0) is 25.6. The van der Waals surface area contributed by atoms with Gasteiger partial charge in [-0.15, -0.1) is 0 Å². The highest BCUT2D eigenvalue weighted by molar-refractivity contribution is 7.89. The first-order chi connectivity index (χ1) is 14.1. The van der Waals surface area contributed by atoms with Crippen LogP contribution in [0.4, 0.5) is 43.9 Å². The Morgan fingerprint density at radius 2 is 1.47 bits per heavy atom. The summed E-state index contributed by atoms with van der Waals surface area (Å²) in [7, 11) is -2.86. The van der Waals surface area contributed by atoms with Crippen molar-refractivity contribution in [1.29, 1.82) is 0 Å². The normalized spacial score (nSPS) is 15.2. The van der Waals surface area contributed by atoms with Gasteiger partial charge in [0, 0.05) is 19.5 Å². The number of nitrogens with zero attached hydrogens (tertiary/aromatic N) is 1. The molecule has 192 valence electrons. The van der Waals surface area contributed by atoms with E-state index in [9.17, 15) is 62.2 Å². The van der Waals surface area contributed by atoms with E-state index in [-0.39, 0.29) is 19.5 Å². The molecule has 0 spiro atoms. The molecule has 0 aliphatic carbocycles. The summed E-state index contributed by atoms with van der Waals surface area (Å²) in [5.74, 6) is -5.85. The Kier molecular flexibility index (Phi) is 10.7. The molecule has 1 atom stereocenters. The fourth-order valence-electron chi connectivity index (χ4n) is 2.58. The number of carbonyl (C=O) groups excluding carboxylic acids is 1. The summed E-state index contributed by atoms with van der Waals surface area (Å²) in [4.78, 5) is 11.6. The second-order valence-electron chi connectivity index (χ2n) is 7.06. The van der Waals surface area contributed by atoms with Crippen LogP contribution in [0.3, 0.4) is 0 Å². The number of halogens is 10. The van der Waals surface area contributed by atoms with Crippen molar-refractivity contribution in [2.75, 3.05) is 32.4 Å². The van der Waals surface area contributed by atoms with Gasteiger partial charge in [0.25, 0.3) is 5.67 Å². The minimum Gasteiger partial charge on any atom is -0.549 e. The maximum Gasteiger partial charge on any atom is 0.431 e. The van der Waals surface area contributed by atoms with Crippen LogP contribution in [0.1, 0.15) is 25.7 Å². The predicted molar refractivity (Wildman–Crippen MR) is 88.3 cm³/mol. The number of rotatable bonds is 13. The molecule has 0 aromatic carbocycles. The Labute approximate surface area is 177 Å². The molecule has 0 aliphatic rings. The highest BCUT2D eigenvalue weighted by Gasteiger charge is 2.73. The zero-order valence-electron chi connectivity index (χ0n) is 16.5. The molecular weight excluding hydrogens is 494 g/mol. The first kappa shape index (κ1) is 30.6. The van der Waals surface area contributed by atoms with Crippen molar-refractivity contribution in [1.82, 2.24) is 9.62 Å². The number of nitrogens with one attached hydrogen (secondary N) is 1. The lowest BCUT2D eigenvalue weighted by Gasteiger charge is -2.33. The third kappa shape index (κ3) is 10.1. The van der Waals surface area contributed by atoms with E-state index in [1.165, 1.54) is 11.9 Å². The van der Waals surface area contributed by atoms with Crippen molar-refractivity contribution in [3.63, 3.8) is 0 Å². The Morgan fingerprint density at radius 3 is 1.88 bits per heavy atom. The molecule has 1 unspecified atom stereocenters. The first-order valence-corrected chi connectivity index (χ1v) is 10.5. The van der Waals surface area contributed by atoms with Gasteiger partial charge in [-0.25, -0.2) is 17.5 Å². The molecule has 0 aromatic rings. The summed E-state index contributed by atoms with van der Waals surface area (Å²) in [5, 5.41) is 10.3. The van der Waals surface area contributed by atoms with Crippen LogP contribution in [0, 0.1) is 5.92 Å². The monoisotopic (exact) mass is 515 g/mol. The molecular formula is C15H21F10N2O4S-. The fraction of sp³-hybridized carbons (Fsp3) is 0.933. The average Bonchev–Trinajstić information content (AvgIpc) is 2.54. The molecule has 6 nitrogen and oxygen atoms in total. The third-order valence-electron chi connectivity index (χ3n) is 4.29. The van der Waals surface area contributed by atoms with E-state index in [2.05, 4.69) is 0 Å². The number of hydrogen-bond donors (Lipinski definition) is 1. The molecule has 17 heteroatoms. The number of sulfonamides is 1. The smallest absolute Gasteiger partial charge is 0.431 e. The number of carbonyl (C=O) groups is 1. The second kappa shape index (κ2) is 11.2. The molecule has 0 aromatic heterocycles. The third-order valence-corrected chi connectivity index (χ3v) is 5.76. The zero-order valence-corrected chi connectivity index (χ0v) is 17.3. The van der Waals surface area contributed by atoms with Gasteiger partial charge in [-0.3, -0.25) is 0 Å². The Hall–Kier alpha value is -1.36. The molecule has 0 amide bonds. The van der Waals surface area contributed by atoms with Crippen molar-refractivity contribution in [2.45, 2.75) is 49.9 Å². The lowest BCUT2D eigenvalue weighted by Crippen LogP contribution is -2.55. The van der Waals surface area contributed by atoms with Gasteiger partial charge in [-0.05, 0) is 32.9 Å². The van der Waals surface area contributed by atoms with Gasteiger partial charge in [0.05, 0.1) is 17.6 Å². The number of carboxylic acids is 1. The van der Waals surface area contributed by atoms with Gasteiger partial charge in [0.2, 0.25) is 10.0 Å². The number of alkyl halides is 10. The van der Waals surface area contributed by atoms with Crippen molar-refractivity contribution in [3.8, 4) is 0 Å². The lowest BCUT2D eigenvalue weighted by atomic mass is 9.87. The maximum absolute atomic E-state index is 13.7. The minimum absolute atomic E-state index is 0.0791. The number of aliphatic carboxylic acids is 1. The number of carboxylic acid groups (broad SMARTS) is 1. The van der Waals surface area contributed by atoms with Crippen LogP contribution < -0.4 is 9.83 Å². The van der Waals surface area contributed by atoms with E-state index < -0.39 is 77.7 Å². The van der Waals surface area contributed by atoms with Crippen LogP contribution >= 0.6 is 0 Å². The maximum atomic E-state index is 13.7. The summed E-state index contributed by atoms with van der Waals surface area (Å²) >= 11 is 0. The van der Waals surface area contributed by atoms with Crippen molar-refractivity contribution in [3.05, 3.63) is 0 Å². The van der Waals surface area contributed by atoms with Crippen LogP contribution in [0.2, 0.25) is 0 Å².